The zero-order chi connectivity index (χ0) is 26.9. The number of nitrogens with one attached hydrogen (secondary N) is 2. The molecule has 1 saturated heterocycles. The van der Waals surface area contributed by atoms with Gasteiger partial charge in [0.2, 0.25) is 5.91 Å². The van der Waals surface area contributed by atoms with Gasteiger partial charge in [-0.15, -0.1) is 0 Å². The molecule has 4 rings (SSSR count). The second kappa shape index (κ2) is 10.8. The summed E-state index contributed by atoms with van der Waals surface area (Å²) in [5, 5.41) is 17.2. The van der Waals surface area contributed by atoms with Crippen molar-refractivity contribution in [3.8, 4) is 0 Å². The molecule has 0 aromatic carbocycles. The zero-order valence-electron chi connectivity index (χ0n) is 21.7. The molecule has 1 fully saturated rings. The van der Waals surface area contributed by atoms with Gasteiger partial charge in [-0.05, 0) is 58.2 Å². The molecule has 4 heterocycles. The van der Waals surface area contributed by atoms with Crippen LogP contribution in [0.1, 0.15) is 71.5 Å². The van der Waals surface area contributed by atoms with Gasteiger partial charge in [-0.3, -0.25) is 14.4 Å². The molecule has 5 N–H and O–H groups in total. The summed E-state index contributed by atoms with van der Waals surface area (Å²) in [5.41, 5.74) is 9.44. The number of carbonyl (C=O) groups excluding carboxylic acids is 2. The smallest absolute Gasteiger partial charge is 0.253 e. The highest BCUT2D eigenvalue weighted by molar-refractivity contribution is 6.05. The van der Waals surface area contributed by atoms with Crippen molar-refractivity contribution in [1.29, 1.82) is 0 Å². The van der Waals surface area contributed by atoms with Crippen molar-refractivity contribution >= 4 is 22.8 Å². The molecule has 1 aliphatic heterocycles. The number of amides is 2. The first-order chi connectivity index (χ1) is 17.6. The minimum Gasteiger partial charge on any atom is -0.394 e. The van der Waals surface area contributed by atoms with E-state index in [-0.39, 0.29) is 42.5 Å². The molecule has 1 aliphatic rings. The molecule has 11 nitrogen and oxygen atoms in total. The van der Waals surface area contributed by atoms with Gasteiger partial charge in [-0.2, -0.15) is 5.10 Å². The number of H-pyrrole nitrogens is 1. The number of hydrogen-bond acceptors (Lipinski definition) is 7. The maximum absolute atomic E-state index is 13.4. The van der Waals surface area contributed by atoms with Gasteiger partial charge in [0.1, 0.15) is 6.04 Å². The van der Waals surface area contributed by atoms with Crippen molar-refractivity contribution in [3.63, 3.8) is 0 Å². The van der Waals surface area contributed by atoms with Gasteiger partial charge < -0.3 is 26.0 Å². The van der Waals surface area contributed by atoms with Crippen molar-refractivity contribution in [2.75, 3.05) is 19.7 Å². The van der Waals surface area contributed by atoms with Crippen molar-refractivity contribution in [2.24, 2.45) is 5.73 Å². The van der Waals surface area contributed by atoms with Crippen molar-refractivity contribution in [3.05, 3.63) is 56.8 Å². The number of fused-ring (bicyclic) bond motifs is 1. The standard InChI is InChI=1S/C26H35N7O4/c1-14(2)33-23-20(12-29-33)18(24(35)28-11-19-15(3)9-16(4)30-25(19)36)10-22(31-23)17-5-7-32(8-6-17)26(37)21(27)13-34/h9-10,12,14,17,21,34H,5-8,11,13,27H2,1-4H3,(H,28,35)(H,30,36). The third kappa shape index (κ3) is 5.42. The lowest BCUT2D eigenvalue weighted by Crippen LogP contribution is -2.48. The fraction of sp³-hybridized carbons (Fsp3) is 0.500. The van der Waals surface area contributed by atoms with Crippen LogP contribution in [0.4, 0.5) is 0 Å². The van der Waals surface area contributed by atoms with E-state index in [1.165, 1.54) is 0 Å². The van der Waals surface area contributed by atoms with Crippen LogP contribution in [0.15, 0.2) is 23.1 Å². The fourth-order valence-electron chi connectivity index (χ4n) is 4.89. The Morgan fingerprint density at radius 3 is 2.57 bits per heavy atom. The number of rotatable bonds is 7. The molecule has 0 bridgehead atoms. The molecule has 0 radical (unpaired) electrons. The van der Waals surface area contributed by atoms with E-state index in [9.17, 15) is 19.5 Å². The Bertz CT molecular complexity index is 1370. The van der Waals surface area contributed by atoms with Gasteiger partial charge in [0.05, 0.1) is 23.8 Å². The highest BCUT2D eigenvalue weighted by atomic mass is 16.3. The fourth-order valence-corrected chi connectivity index (χ4v) is 4.89. The normalized spacial score (nSPS) is 15.4. The predicted octanol–water partition coefficient (Wildman–Crippen LogP) is 1.27. The van der Waals surface area contributed by atoms with Crippen molar-refractivity contribution in [2.45, 2.75) is 65.1 Å². The van der Waals surface area contributed by atoms with E-state index in [0.717, 1.165) is 17.0 Å². The number of likely N-dealkylation sites (tertiary alicyclic amines) is 1. The second-order valence-electron chi connectivity index (χ2n) is 10.0. The maximum atomic E-state index is 13.4. The minimum atomic E-state index is -0.911. The highest BCUT2D eigenvalue weighted by Gasteiger charge is 2.29. The Labute approximate surface area is 215 Å². The summed E-state index contributed by atoms with van der Waals surface area (Å²) >= 11 is 0. The van der Waals surface area contributed by atoms with Gasteiger partial charge in [-0.25, -0.2) is 9.67 Å². The van der Waals surface area contributed by atoms with E-state index in [1.54, 1.807) is 21.8 Å². The van der Waals surface area contributed by atoms with E-state index >= 15 is 0 Å². The van der Waals surface area contributed by atoms with E-state index in [4.69, 9.17) is 10.7 Å². The largest absolute Gasteiger partial charge is 0.394 e. The van der Waals surface area contributed by atoms with Gasteiger partial charge in [0.25, 0.3) is 11.5 Å². The summed E-state index contributed by atoms with van der Waals surface area (Å²) in [6.45, 7) is 8.38. The molecule has 2 amide bonds. The second-order valence-corrected chi connectivity index (χ2v) is 10.0. The average Bonchev–Trinajstić information content (AvgIpc) is 3.31. The SMILES string of the molecule is Cc1cc(C)c(CNC(=O)c2cc(C3CCN(C(=O)C(N)CO)CC3)nc3c2cnn3C(C)C)c(=O)[nH]1. The van der Waals surface area contributed by atoms with Gasteiger partial charge in [0.15, 0.2) is 5.65 Å². The van der Waals surface area contributed by atoms with E-state index < -0.39 is 6.04 Å². The van der Waals surface area contributed by atoms with E-state index in [1.807, 2.05) is 33.8 Å². The topological polar surface area (TPSA) is 159 Å². The maximum Gasteiger partial charge on any atom is 0.253 e. The number of aromatic amines is 1. The van der Waals surface area contributed by atoms with Crippen molar-refractivity contribution in [1.82, 2.24) is 30.0 Å². The Balaban J connectivity index is 1.62. The molecule has 198 valence electrons. The van der Waals surface area contributed by atoms with E-state index in [0.29, 0.717) is 48.1 Å². The zero-order valence-corrected chi connectivity index (χ0v) is 21.7. The number of hydrogen-bond donors (Lipinski definition) is 4. The Hall–Kier alpha value is -3.57. The molecule has 3 aromatic heterocycles. The Morgan fingerprint density at radius 1 is 1.24 bits per heavy atom. The first-order valence-electron chi connectivity index (χ1n) is 12.6. The lowest BCUT2D eigenvalue weighted by molar-refractivity contribution is -0.134. The number of pyridine rings is 2. The first-order valence-corrected chi connectivity index (χ1v) is 12.6. The number of nitrogens with zero attached hydrogens (tertiary/aromatic N) is 4. The summed E-state index contributed by atoms with van der Waals surface area (Å²) < 4.78 is 1.80. The van der Waals surface area contributed by atoms with Gasteiger partial charge >= 0.3 is 0 Å². The average molecular weight is 510 g/mol. The van der Waals surface area contributed by atoms with Crippen LogP contribution in [-0.4, -0.2) is 67.3 Å². The van der Waals surface area contributed by atoms with Gasteiger partial charge in [0, 0.05) is 48.5 Å². The number of carbonyl (C=O) groups is 2. The number of aliphatic hydroxyl groups is 1. The van der Waals surface area contributed by atoms with Crippen LogP contribution in [0.2, 0.25) is 0 Å². The monoisotopic (exact) mass is 509 g/mol. The Morgan fingerprint density at radius 2 is 1.95 bits per heavy atom. The number of aryl methyl sites for hydroxylation is 2. The minimum absolute atomic E-state index is 0.0445. The molecule has 0 aliphatic carbocycles. The summed E-state index contributed by atoms with van der Waals surface area (Å²) in [4.78, 5) is 47.5. The van der Waals surface area contributed by atoms with Crippen molar-refractivity contribution < 1.29 is 14.7 Å². The molecule has 3 aromatic rings. The highest BCUT2D eigenvalue weighted by Crippen LogP contribution is 2.31. The number of nitrogens with two attached hydrogens (primary N) is 1. The summed E-state index contributed by atoms with van der Waals surface area (Å²) in [7, 11) is 0. The lowest BCUT2D eigenvalue weighted by atomic mass is 9.91. The van der Waals surface area contributed by atoms with Crippen LogP contribution >= 0.6 is 0 Å². The summed E-state index contributed by atoms with van der Waals surface area (Å²) in [6.07, 6.45) is 2.98. The van der Waals surface area contributed by atoms with Crippen LogP contribution in [-0.2, 0) is 11.3 Å². The van der Waals surface area contributed by atoms with Crippen LogP contribution in [0.5, 0.6) is 0 Å². The molecule has 1 unspecified atom stereocenters. The van der Waals surface area contributed by atoms with E-state index in [2.05, 4.69) is 15.4 Å². The molecule has 0 saturated carbocycles. The van der Waals surface area contributed by atoms with Crippen LogP contribution in [0.25, 0.3) is 11.0 Å². The predicted molar refractivity (Wildman–Crippen MR) is 139 cm³/mol. The molecule has 1 atom stereocenters. The molecule has 37 heavy (non-hydrogen) atoms. The number of aromatic nitrogens is 4. The van der Waals surface area contributed by atoms with Crippen LogP contribution in [0.3, 0.4) is 0 Å². The van der Waals surface area contributed by atoms with Crippen LogP contribution in [0, 0.1) is 13.8 Å². The number of piperidine rings is 1. The lowest BCUT2D eigenvalue weighted by Gasteiger charge is -2.33. The third-order valence-electron chi connectivity index (χ3n) is 6.98. The first kappa shape index (κ1) is 26.5. The molecule has 11 heteroatoms. The summed E-state index contributed by atoms with van der Waals surface area (Å²) in [5.74, 6) is -0.524. The molecule has 0 spiro atoms. The Kier molecular flexibility index (Phi) is 7.74. The molecular weight excluding hydrogens is 474 g/mol. The van der Waals surface area contributed by atoms with Crippen LogP contribution < -0.4 is 16.6 Å². The summed E-state index contributed by atoms with van der Waals surface area (Å²) in [6, 6.07) is 2.82. The molecular formula is C26H35N7O4. The quantitative estimate of drug-likeness (QED) is 0.373. The number of aliphatic hydroxyl groups excluding tert-OH is 1. The van der Waals surface area contributed by atoms with Gasteiger partial charge in [-0.1, -0.05) is 0 Å². The third-order valence-corrected chi connectivity index (χ3v) is 6.98.